The maximum Gasteiger partial charge on any atom is 0.283 e. The van der Waals surface area contributed by atoms with Gasteiger partial charge < -0.3 is 10.2 Å². The molecule has 0 fully saturated rings. The predicted molar refractivity (Wildman–Crippen MR) is 124 cm³/mol. The van der Waals surface area contributed by atoms with Gasteiger partial charge in [-0.15, -0.1) is 0 Å². The molecular formula is C25H31N2OSi. The Morgan fingerprint density at radius 1 is 0.966 bits per heavy atom. The summed E-state index contributed by atoms with van der Waals surface area (Å²) in [7, 11) is -1.37. The number of nitrogen functional groups attached to an aromatic ring is 1. The van der Waals surface area contributed by atoms with Gasteiger partial charge in [-0.2, -0.15) is 0 Å². The second-order valence-electron chi connectivity index (χ2n) is 8.78. The quantitative estimate of drug-likeness (QED) is 0.620. The first-order valence-electron chi connectivity index (χ1n) is 10.2. The van der Waals surface area contributed by atoms with Crippen LogP contribution in [0.15, 0.2) is 66.9 Å². The van der Waals surface area contributed by atoms with E-state index in [1.54, 1.807) is 0 Å². The molecule has 0 aliphatic rings. The van der Waals surface area contributed by atoms with Crippen molar-refractivity contribution in [3.05, 3.63) is 83.7 Å². The molecule has 0 amide bonds. The summed E-state index contributed by atoms with van der Waals surface area (Å²) in [6.45, 7) is 11.4. The van der Waals surface area contributed by atoms with Crippen LogP contribution in [0.3, 0.4) is 0 Å². The summed E-state index contributed by atoms with van der Waals surface area (Å²) >= 11 is 0. The lowest BCUT2D eigenvalue weighted by Gasteiger charge is -2.21. The monoisotopic (exact) mass is 403 g/mol. The summed E-state index contributed by atoms with van der Waals surface area (Å²) in [5, 5.41) is 2.48. The lowest BCUT2D eigenvalue weighted by atomic mass is 9.87. The van der Waals surface area contributed by atoms with Crippen LogP contribution >= 0.6 is 0 Å². The number of nitrogens with zero attached hydrogens (tertiary/aromatic N) is 1. The standard InChI is InChI=1S/C25H31N2OSi/c1-18(2)24-23(26)15-19(16-27-24)17-28-29(21-9-7-6-8-10-21)22-13-11-20(12-14-22)25(3,4)5/h6-16,18H,17,26H2,1-5H3. The number of hydrogen-bond acceptors (Lipinski definition) is 3. The van der Waals surface area contributed by atoms with E-state index in [9.17, 15) is 0 Å². The number of aromatic nitrogens is 1. The SMILES string of the molecule is CC(C)c1ncc(CO[Si](c2ccccc2)c2ccc(C(C)(C)C)cc2)cc1N. The van der Waals surface area contributed by atoms with Crippen LogP contribution in [0.25, 0.3) is 0 Å². The van der Waals surface area contributed by atoms with Gasteiger partial charge in [0.15, 0.2) is 0 Å². The van der Waals surface area contributed by atoms with Crippen molar-refractivity contribution in [3.8, 4) is 0 Å². The third-order valence-corrected chi connectivity index (χ3v) is 7.13. The van der Waals surface area contributed by atoms with E-state index in [1.807, 2.05) is 18.3 Å². The first-order valence-corrected chi connectivity index (χ1v) is 11.6. The molecule has 1 radical (unpaired) electrons. The molecule has 3 rings (SSSR count). The van der Waals surface area contributed by atoms with Crippen molar-refractivity contribution >= 4 is 25.1 Å². The molecule has 3 nitrogen and oxygen atoms in total. The number of nitrogens with two attached hydrogens (primary N) is 1. The van der Waals surface area contributed by atoms with Crippen molar-refractivity contribution in [1.82, 2.24) is 4.98 Å². The van der Waals surface area contributed by atoms with Crippen LogP contribution in [0.5, 0.6) is 0 Å². The first-order chi connectivity index (χ1) is 13.8. The van der Waals surface area contributed by atoms with E-state index in [0.717, 1.165) is 16.9 Å². The van der Waals surface area contributed by atoms with E-state index in [4.69, 9.17) is 10.2 Å². The number of anilines is 1. The molecule has 29 heavy (non-hydrogen) atoms. The van der Waals surface area contributed by atoms with Gasteiger partial charge >= 0.3 is 0 Å². The lowest BCUT2D eigenvalue weighted by Crippen LogP contribution is -2.44. The summed E-state index contributed by atoms with van der Waals surface area (Å²) in [6, 6.07) is 21.4. The van der Waals surface area contributed by atoms with Gasteiger partial charge in [0.05, 0.1) is 18.0 Å². The highest BCUT2D eigenvalue weighted by Gasteiger charge is 2.21. The molecule has 3 aromatic rings. The zero-order valence-corrected chi connectivity index (χ0v) is 19.1. The van der Waals surface area contributed by atoms with E-state index in [-0.39, 0.29) is 5.41 Å². The molecule has 0 saturated heterocycles. The first kappa shape index (κ1) is 21.3. The number of hydrogen-bond donors (Lipinski definition) is 1. The predicted octanol–water partition coefficient (Wildman–Crippen LogP) is 4.41. The van der Waals surface area contributed by atoms with Crippen LogP contribution in [-0.2, 0) is 16.4 Å². The van der Waals surface area contributed by atoms with Gasteiger partial charge in [-0.25, -0.2) is 0 Å². The molecule has 2 aromatic carbocycles. The molecule has 151 valence electrons. The summed E-state index contributed by atoms with van der Waals surface area (Å²) in [6.07, 6.45) is 1.89. The third kappa shape index (κ3) is 5.34. The minimum atomic E-state index is -1.37. The summed E-state index contributed by atoms with van der Waals surface area (Å²) in [4.78, 5) is 4.55. The van der Waals surface area contributed by atoms with Gasteiger partial charge in [0.2, 0.25) is 0 Å². The Bertz CT molecular complexity index is 931. The van der Waals surface area contributed by atoms with E-state index in [0.29, 0.717) is 12.5 Å². The Kier molecular flexibility index (Phi) is 6.55. The van der Waals surface area contributed by atoms with Crippen LogP contribution < -0.4 is 16.1 Å². The second-order valence-corrected chi connectivity index (χ2v) is 10.9. The molecule has 0 bridgehead atoms. The van der Waals surface area contributed by atoms with Crippen molar-refractivity contribution in [1.29, 1.82) is 0 Å². The Labute approximate surface area is 176 Å². The number of pyridine rings is 1. The highest BCUT2D eigenvalue weighted by molar-refractivity contribution is 6.80. The normalized spacial score (nSPS) is 12.0. The number of benzene rings is 2. The Balaban J connectivity index is 1.85. The van der Waals surface area contributed by atoms with Gasteiger partial charge in [-0.05, 0) is 38.9 Å². The highest BCUT2D eigenvalue weighted by atomic mass is 28.3. The van der Waals surface area contributed by atoms with Crippen LogP contribution in [0.1, 0.15) is 57.4 Å². The molecule has 2 N–H and O–H groups in total. The second kappa shape index (κ2) is 8.93. The van der Waals surface area contributed by atoms with Gasteiger partial charge in [0, 0.05) is 6.20 Å². The van der Waals surface area contributed by atoms with Crippen molar-refractivity contribution in [2.24, 2.45) is 0 Å². The van der Waals surface area contributed by atoms with Crippen molar-refractivity contribution in [2.75, 3.05) is 5.73 Å². The number of rotatable bonds is 6. The average Bonchev–Trinajstić information content (AvgIpc) is 2.68. The topological polar surface area (TPSA) is 48.1 Å². The Morgan fingerprint density at radius 2 is 1.59 bits per heavy atom. The molecule has 0 atom stereocenters. The lowest BCUT2D eigenvalue weighted by molar-refractivity contribution is 0.321. The van der Waals surface area contributed by atoms with E-state index >= 15 is 0 Å². The molecule has 1 heterocycles. The molecule has 1 aromatic heterocycles. The summed E-state index contributed by atoms with van der Waals surface area (Å²) < 4.78 is 6.49. The van der Waals surface area contributed by atoms with Gasteiger partial charge in [0.1, 0.15) is 0 Å². The van der Waals surface area contributed by atoms with Crippen molar-refractivity contribution in [2.45, 2.75) is 52.6 Å². The zero-order valence-electron chi connectivity index (χ0n) is 18.1. The Morgan fingerprint density at radius 3 is 2.14 bits per heavy atom. The van der Waals surface area contributed by atoms with Gasteiger partial charge in [-0.3, -0.25) is 4.98 Å². The smallest absolute Gasteiger partial charge is 0.283 e. The van der Waals surface area contributed by atoms with Crippen molar-refractivity contribution < 1.29 is 4.43 Å². The highest BCUT2D eigenvalue weighted by Crippen LogP contribution is 2.22. The summed E-state index contributed by atoms with van der Waals surface area (Å²) in [5.41, 5.74) is 10.4. The maximum absolute atomic E-state index is 6.49. The molecule has 0 unspecified atom stereocenters. The van der Waals surface area contributed by atoms with Gasteiger partial charge in [0.25, 0.3) is 9.04 Å². The molecule has 0 aliphatic heterocycles. The molecule has 0 spiro atoms. The Hall–Kier alpha value is -2.43. The summed E-state index contributed by atoms with van der Waals surface area (Å²) in [5.74, 6) is 0.315. The van der Waals surface area contributed by atoms with Crippen LogP contribution in [0, 0.1) is 0 Å². The fourth-order valence-corrected chi connectivity index (χ4v) is 5.24. The average molecular weight is 404 g/mol. The molecule has 4 heteroatoms. The minimum absolute atomic E-state index is 0.139. The molecule has 0 saturated carbocycles. The van der Waals surface area contributed by atoms with Crippen LogP contribution in [0.2, 0.25) is 0 Å². The van der Waals surface area contributed by atoms with E-state index in [2.05, 4.69) is 88.1 Å². The van der Waals surface area contributed by atoms with E-state index in [1.165, 1.54) is 15.9 Å². The van der Waals surface area contributed by atoms with Crippen LogP contribution in [0.4, 0.5) is 5.69 Å². The fourth-order valence-electron chi connectivity index (χ4n) is 3.30. The zero-order chi connectivity index (χ0) is 21.0. The third-order valence-electron chi connectivity index (χ3n) is 4.99. The van der Waals surface area contributed by atoms with Crippen LogP contribution in [-0.4, -0.2) is 14.0 Å². The van der Waals surface area contributed by atoms with Crippen molar-refractivity contribution in [3.63, 3.8) is 0 Å². The van der Waals surface area contributed by atoms with Gasteiger partial charge in [-0.1, -0.05) is 89.2 Å². The maximum atomic E-state index is 6.49. The minimum Gasteiger partial charge on any atom is -0.403 e. The largest absolute Gasteiger partial charge is 0.403 e. The molecular weight excluding hydrogens is 372 g/mol. The van der Waals surface area contributed by atoms with E-state index < -0.39 is 9.04 Å². The fraction of sp³-hybridized carbons (Fsp3) is 0.320. The molecule has 0 aliphatic carbocycles.